The van der Waals surface area contributed by atoms with Gasteiger partial charge < -0.3 is 15.7 Å². The van der Waals surface area contributed by atoms with Crippen molar-refractivity contribution in [3.05, 3.63) is 47.8 Å². The molecule has 0 fully saturated rings. The van der Waals surface area contributed by atoms with Crippen molar-refractivity contribution in [2.75, 3.05) is 17.2 Å². The number of aliphatic hydroxyl groups is 1. The Balaban J connectivity index is 2.02. The molecule has 0 saturated heterocycles. The molecule has 2 aromatic heterocycles. The number of nitrogens with one attached hydrogen (secondary N) is 2. The molecule has 0 aliphatic rings. The molecule has 0 atom stereocenters. The van der Waals surface area contributed by atoms with Crippen molar-refractivity contribution in [3.63, 3.8) is 0 Å². The van der Waals surface area contributed by atoms with Gasteiger partial charge in [0, 0.05) is 31.4 Å². The Morgan fingerprint density at radius 2 is 1.55 bits per heavy atom. The molecule has 2 heterocycles. The number of nitrogens with zero attached hydrogens (tertiary/aromatic N) is 5. The van der Waals surface area contributed by atoms with Gasteiger partial charge in [-0.2, -0.15) is 23.7 Å². The molecule has 0 spiro atoms. The van der Waals surface area contributed by atoms with E-state index in [1.54, 1.807) is 13.8 Å². The van der Waals surface area contributed by atoms with Crippen LogP contribution in [0.4, 0.5) is 35.1 Å². The number of benzene rings is 1. The predicted octanol–water partition coefficient (Wildman–Crippen LogP) is 3.64. The number of rotatable bonds is 7. The molecule has 8 nitrogen and oxygen atoms in total. The first-order valence-electron chi connectivity index (χ1n) is 9.06. The average Bonchev–Trinajstić information content (AvgIpc) is 2.64. The normalized spacial score (nSPS) is 12.0. The topological polar surface area (TPSA) is 109 Å². The highest BCUT2D eigenvalue weighted by atomic mass is 19.3. The van der Waals surface area contributed by atoms with E-state index in [4.69, 9.17) is 0 Å². The Hall–Kier alpha value is -3.41. The Kier molecular flexibility index (Phi) is 6.02. The molecule has 164 valence electrons. The summed E-state index contributed by atoms with van der Waals surface area (Å²) in [6, 6.07) is 3.80. The van der Waals surface area contributed by atoms with Gasteiger partial charge in [-0.1, -0.05) is 0 Å². The molecule has 31 heavy (non-hydrogen) atoms. The van der Waals surface area contributed by atoms with Crippen LogP contribution in [0.3, 0.4) is 0 Å². The predicted molar refractivity (Wildman–Crippen MR) is 105 cm³/mol. The first-order valence-corrected chi connectivity index (χ1v) is 9.06. The fraction of sp³-hybridized carbons (Fsp3) is 0.316. The molecule has 12 heteroatoms. The van der Waals surface area contributed by atoms with Crippen molar-refractivity contribution in [1.29, 1.82) is 0 Å². The van der Waals surface area contributed by atoms with Gasteiger partial charge in [0.2, 0.25) is 17.7 Å². The second-order valence-corrected chi connectivity index (χ2v) is 7.41. The molecule has 0 unspecified atom stereocenters. The van der Waals surface area contributed by atoms with E-state index in [2.05, 4.69) is 35.6 Å². The summed E-state index contributed by atoms with van der Waals surface area (Å²) in [6.45, 7) is 3.83. The third-order valence-electron chi connectivity index (χ3n) is 3.74. The lowest BCUT2D eigenvalue weighted by atomic mass is 10.1. The van der Waals surface area contributed by atoms with Crippen LogP contribution in [0.2, 0.25) is 0 Å². The van der Waals surface area contributed by atoms with Gasteiger partial charge in [-0.25, -0.2) is 18.7 Å². The lowest BCUT2D eigenvalue weighted by Crippen LogP contribution is -2.30. The van der Waals surface area contributed by atoms with Gasteiger partial charge in [-0.3, -0.25) is 0 Å². The number of halogens is 4. The molecular weight excluding hydrogens is 418 g/mol. The third kappa shape index (κ3) is 6.28. The first kappa shape index (κ1) is 22.3. The maximum absolute atomic E-state index is 13.7. The van der Waals surface area contributed by atoms with E-state index in [9.17, 15) is 22.7 Å². The van der Waals surface area contributed by atoms with E-state index in [1.807, 2.05) is 0 Å². The molecule has 3 N–H and O–H groups in total. The molecule has 3 rings (SSSR count). The molecule has 0 aliphatic carbocycles. The Morgan fingerprint density at radius 1 is 0.903 bits per heavy atom. The highest BCUT2D eigenvalue weighted by Crippen LogP contribution is 2.26. The number of aromatic nitrogens is 5. The fourth-order valence-electron chi connectivity index (χ4n) is 2.37. The van der Waals surface area contributed by atoms with Crippen LogP contribution >= 0.6 is 0 Å². The lowest BCUT2D eigenvalue weighted by molar-refractivity contribution is 0.0127. The van der Waals surface area contributed by atoms with Crippen LogP contribution < -0.4 is 10.6 Å². The van der Waals surface area contributed by atoms with E-state index in [-0.39, 0.29) is 35.8 Å². The average molecular weight is 437 g/mol. The third-order valence-corrected chi connectivity index (χ3v) is 3.74. The SMILES string of the molecule is CC(C)(O)CNc1nc(Nc2cc(F)cc(F)c2)nc(-c2nccc(C(C)(F)F)n2)n1. The second-order valence-electron chi connectivity index (χ2n) is 7.41. The Bertz CT molecular complexity index is 1060. The standard InChI is InChI=1S/C19H19F4N7O/c1-18(2,31)9-25-16-28-15(14-24-5-4-13(27-14)19(3,22)23)29-17(30-16)26-12-7-10(20)6-11(21)8-12/h4-8,31H,9H2,1-3H3,(H2,25,26,28,29,30). The van der Waals surface area contributed by atoms with Crippen molar-refractivity contribution in [2.45, 2.75) is 32.3 Å². The molecule has 0 saturated carbocycles. The van der Waals surface area contributed by atoms with Gasteiger partial charge >= 0.3 is 0 Å². The summed E-state index contributed by atoms with van der Waals surface area (Å²) in [5.74, 6) is -5.42. The van der Waals surface area contributed by atoms with E-state index >= 15 is 0 Å². The van der Waals surface area contributed by atoms with Crippen molar-refractivity contribution in [2.24, 2.45) is 0 Å². The number of hydrogen-bond acceptors (Lipinski definition) is 8. The van der Waals surface area contributed by atoms with Gasteiger partial charge in [0.15, 0.2) is 5.82 Å². The van der Waals surface area contributed by atoms with E-state index in [0.717, 1.165) is 24.4 Å². The smallest absolute Gasteiger partial charge is 0.287 e. The summed E-state index contributed by atoms with van der Waals surface area (Å²) in [6.07, 6.45) is 1.14. The zero-order valence-electron chi connectivity index (χ0n) is 16.8. The Labute approximate surface area is 174 Å². The van der Waals surface area contributed by atoms with Crippen LogP contribution in [0.15, 0.2) is 30.5 Å². The molecule has 0 bridgehead atoms. The van der Waals surface area contributed by atoms with Crippen LogP contribution in [0.1, 0.15) is 26.5 Å². The lowest BCUT2D eigenvalue weighted by Gasteiger charge is -2.18. The van der Waals surface area contributed by atoms with Gasteiger partial charge in [-0.15, -0.1) is 0 Å². The van der Waals surface area contributed by atoms with E-state index in [1.165, 1.54) is 0 Å². The highest BCUT2D eigenvalue weighted by molar-refractivity contribution is 5.57. The fourth-order valence-corrected chi connectivity index (χ4v) is 2.37. The molecule has 0 aliphatic heterocycles. The van der Waals surface area contributed by atoms with E-state index in [0.29, 0.717) is 13.0 Å². The molecular formula is C19H19F4N7O. The molecule has 3 aromatic rings. The summed E-state index contributed by atoms with van der Waals surface area (Å²) in [5.41, 5.74) is -1.64. The van der Waals surface area contributed by atoms with Crippen LogP contribution in [-0.4, -0.2) is 42.2 Å². The zero-order chi connectivity index (χ0) is 22.8. The minimum Gasteiger partial charge on any atom is -0.389 e. The second kappa shape index (κ2) is 8.38. The minimum atomic E-state index is -3.22. The van der Waals surface area contributed by atoms with Gasteiger partial charge in [0.05, 0.1) is 5.60 Å². The summed E-state index contributed by atoms with van der Waals surface area (Å²) >= 11 is 0. The van der Waals surface area contributed by atoms with Crippen molar-refractivity contribution in [3.8, 4) is 11.6 Å². The largest absolute Gasteiger partial charge is 0.389 e. The minimum absolute atomic E-state index is 0.0119. The number of alkyl halides is 2. The summed E-state index contributed by atoms with van der Waals surface area (Å²) in [4.78, 5) is 20.0. The summed E-state index contributed by atoms with van der Waals surface area (Å²) < 4.78 is 54.3. The van der Waals surface area contributed by atoms with Crippen LogP contribution in [-0.2, 0) is 5.92 Å². The number of hydrogen-bond donors (Lipinski definition) is 3. The highest BCUT2D eigenvalue weighted by Gasteiger charge is 2.27. The van der Waals surface area contributed by atoms with Crippen LogP contribution in [0.5, 0.6) is 0 Å². The Morgan fingerprint density at radius 3 is 2.16 bits per heavy atom. The van der Waals surface area contributed by atoms with Crippen molar-refractivity contribution in [1.82, 2.24) is 24.9 Å². The maximum Gasteiger partial charge on any atom is 0.287 e. The molecule has 1 aromatic carbocycles. The number of anilines is 3. The summed E-state index contributed by atoms with van der Waals surface area (Å²) in [7, 11) is 0. The van der Waals surface area contributed by atoms with Gasteiger partial charge in [-0.05, 0) is 32.0 Å². The van der Waals surface area contributed by atoms with Crippen LogP contribution in [0, 0.1) is 11.6 Å². The van der Waals surface area contributed by atoms with Crippen molar-refractivity contribution < 1.29 is 22.7 Å². The van der Waals surface area contributed by atoms with Gasteiger partial charge in [0.25, 0.3) is 5.92 Å². The molecule has 0 radical (unpaired) electrons. The maximum atomic E-state index is 13.7. The molecule has 0 amide bonds. The van der Waals surface area contributed by atoms with Crippen LogP contribution in [0.25, 0.3) is 11.6 Å². The summed E-state index contributed by atoms with van der Waals surface area (Å²) in [5, 5.41) is 15.3. The van der Waals surface area contributed by atoms with Crippen molar-refractivity contribution >= 4 is 17.6 Å². The monoisotopic (exact) mass is 437 g/mol. The quantitative estimate of drug-likeness (QED) is 0.481. The van der Waals surface area contributed by atoms with E-state index < -0.39 is 28.9 Å². The first-order chi connectivity index (χ1) is 14.4. The van der Waals surface area contributed by atoms with Gasteiger partial charge in [0.1, 0.15) is 17.3 Å². The zero-order valence-corrected chi connectivity index (χ0v) is 16.8.